The Kier molecular flexibility index (Phi) is 2.70. The van der Waals surface area contributed by atoms with Crippen LogP contribution in [0.2, 0.25) is 0 Å². The maximum atomic E-state index is 12.1. The molecule has 0 radical (unpaired) electrons. The third-order valence-corrected chi connectivity index (χ3v) is 3.58. The second kappa shape index (κ2) is 4.29. The van der Waals surface area contributed by atoms with E-state index in [1.807, 2.05) is 0 Å². The van der Waals surface area contributed by atoms with Crippen molar-refractivity contribution >= 4 is 17.0 Å². The smallest absolute Gasteiger partial charge is 0.337 e. The van der Waals surface area contributed by atoms with Crippen molar-refractivity contribution in [2.24, 2.45) is 0 Å². The van der Waals surface area contributed by atoms with Crippen molar-refractivity contribution in [3.8, 4) is 0 Å². The summed E-state index contributed by atoms with van der Waals surface area (Å²) in [7, 11) is 0. The van der Waals surface area contributed by atoms with Crippen LogP contribution in [0.4, 0.5) is 0 Å². The molecule has 2 aromatic rings. The molecule has 7 heteroatoms. The summed E-state index contributed by atoms with van der Waals surface area (Å²) in [5.41, 5.74) is -0.277. The van der Waals surface area contributed by atoms with Crippen molar-refractivity contribution in [3.63, 3.8) is 0 Å². The molecule has 2 heterocycles. The van der Waals surface area contributed by atoms with Gasteiger partial charge in [0.25, 0.3) is 5.56 Å². The van der Waals surface area contributed by atoms with Crippen LogP contribution in [0.25, 0.3) is 11.0 Å². The van der Waals surface area contributed by atoms with Crippen molar-refractivity contribution in [3.05, 3.63) is 38.2 Å². The highest BCUT2D eigenvalue weighted by Crippen LogP contribution is 2.43. The van der Waals surface area contributed by atoms with E-state index in [0.717, 1.165) is 12.8 Å². The molecule has 0 unspecified atom stereocenters. The second-order valence-corrected chi connectivity index (χ2v) is 4.87. The summed E-state index contributed by atoms with van der Waals surface area (Å²) in [5.74, 6) is -1.04. The lowest BCUT2D eigenvalue weighted by Gasteiger charge is -2.11. The van der Waals surface area contributed by atoms with Crippen molar-refractivity contribution in [1.29, 1.82) is 0 Å². The lowest BCUT2D eigenvalue weighted by Crippen LogP contribution is -2.31. The third-order valence-electron chi connectivity index (χ3n) is 3.58. The van der Waals surface area contributed by atoms with Crippen molar-refractivity contribution in [2.75, 3.05) is 0 Å². The number of aromatic carboxylic acids is 1. The number of fused-ring (bicyclic) bond motifs is 1. The van der Waals surface area contributed by atoms with Gasteiger partial charge in [-0.05, 0) is 31.2 Å². The zero-order valence-electron chi connectivity index (χ0n) is 10.8. The van der Waals surface area contributed by atoms with Crippen LogP contribution in [-0.2, 0) is 6.54 Å². The Morgan fingerprint density at radius 2 is 2.20 bits per heavy atom. The van der Waals surface area contributed by atoms with Gasteiger partial charge in [0.2, 0.25) is 0 Å². The molecule has 104 valence electrons. The van der Waals surface area contributed by atoms with Crippen LogP contribution in [0.5, 0.6) is 0 Å². The minimum Gasteiger partial charge on any atom is -0.478 e. The molecule has 2 aromatic heterocycles. The lowest BCUT2D eigenvalue weighted by molar-refractivity contribution is 0.0695. The number of carboxylic acid groups (broad SMARTS) is 1. The standard InChI is InChI=1S/C13H13N3O4/c1-2-16-10-9(11(17)15-13(16)20)8(6-3-4-6)7(5-14-10)12(18)19/h5-6H,2-4H2,1H3,(H,18,19)(H,15,17,20). The summed E-state index contributed by atoms with van der Waals surface area (Å²) in [6.07, 6.45) is 2.94. The Morgan fingerprint density at radius 3 is 2.75 bits per heavy atom. The van der Waals surface area contributed by atoms with Crippen LogP contribution in [0.3, 0.4) is 0 Å². The average molecular weight is 275 g/mol. The van der Waals surface area contributed by atoms with Gasteiger partial charge >= 0.3 is 11.7 Å². The number of pyridine rings is 1. The van der Waals surface area contributed by atoms with Crippen LogP contribution in [0.1, 0.15) is 41.6 Å². The lowest BCUT2D eigenvalue weighted by atomic mass is 10.0. The Bertz CT molecular complexity index is 830. The molecule has 0 bridgehead atoms. The van der Waals surface area contributed by atoms with Gasteiger partial charge in [-0.15, -0.1) is 0 Å². The van der Waals surface area contributed by atoms with Gasteiger partial charge < -0.3 is 5.11 Å². The molecule has 1 aliphatic rings. The molecule has 1 aliphatic carbocycles. The van der Waals surface area contributed by atoms with Crippen molar-refractivity contribution in [2.45, 2.75) is 32.2 Å². The topological polar surface area (TPSA) is 105 Å². The SMILES string of the molecule is CCn1c(=O)[nH]c(=O)c2c(C3CC3)c(C(=O)O)cnc21. The summed E-state index contributed by atoms with van der Waals surface area (Å²) >= 11 is 0. The first-order chi connectivity index (χ1) is 9.54. The van der Waals surface area contributed by atoms with E-state index in [2.05, 4.69) is 9.97 Å². The van der Waals surface area contributed by atoms with E-state index in [1.165, 1.54) is 10.8 Å². The molecule has 0 saturated heterocycles. The van der Waals surface area contributed by atoms with Gasteiger partial charge in [0.05, 0.1) is 10.9 Å². The van der Waals surface area contributed by atoms with Gasteiger partial charge in [0, 0.05) is 12.7 Å². The van der Waals surface area contributed by atoms with Crippen LogP contribution < -0.4 is 11.2 Å². The highest BCUT2D eigenvalue weighted by atomic mass is 16.4. The zero-order valence-corrected chi connectivity index (χ0v) is 10.8. The van der Waals surface area contributed by atoms with Gasteiger partial charge in [0.1, 0.15) is 5.65 Å². The number of aromatic nitrogens is 3. The number of H-pyrrole nitrogens is 1. The largest absolute Gasteiger partial charge is 0.478 e. The molecular formula is C13H13N3O4. The number of hydrogen-bond acceptors (Lipinski definition) is 4. The Labute approximate surface area is 112 Å². The van der Waals surface area contributed by atoms with E-state index in [9.17, 15) is 19.5 Å². The van der Waals surface area contributed by atoms with Crippen LogP contribution in [-0.4, -0.2) is 25.6 Å². The van der Waals surface area contributed by atoms with Gasteiger partial charge in [-0.25, -0.2) is 14.6 Å². The first-order valence-corrected chi connectivity index (χ1v) is 6.43. The predicted octanol–water partition coefficient (Wildman–Crippen LogP) is 0.680. The Balaban J connectivity index is 2.51. The normalized spacial score (nSPS) is 14.7. The molecule has 3 rings (SSSR count). The molecule has 0 amide bonds. The van der Waals surface area contributed by atoms with E-state index in [0.29, 0.717) is 12.1 Å². The number of aryl methyl sites for hydroxylation is 1. The summed E-state index contributed by atoms with van der Waals surface area (Å²) in [5, 5.41) is 9.48. The maximum Gasteiger partial charge on any atom is 0.337 e. The molecule has 0 aromatic carbocycles. The Morgan fingerprint density at radius 1 is 1.50 bits per heavy atom. The van der Waals surface area contributed by atoms with E-state index >= 15 is 0 Å². The van der Waals surface area contributed by atoms with Gasteiger partial charge in [0.15, 0.2) is 0 Å². The predicted molar refractivity (Wildman–Crippen MR) is 71.2 cm³/mol. The zero-order chi connectivity index (χ0) is 14.4. The fourth-order valence-electron chi connectivity index (χ4n) is 2.53. The first kappa shape index (κ1) is 12.6. The van der Waals surface area contributed by atoms with E-state index in [1.54, 1.807) is 6.92 Å². The van der Waals surface area contributed by atoms with Gasteiger partial charge in [-0.1, -0.05) is 0 Å². The van der Waals surface area contributed by atoms with Crippen molar-refractivity contribution < 1.29 is 9.90 Å². The summed E-state index contributed by atoms with van der Waals surface area (Å²) in [6, 6.07) is 0. The molecule has 1 fully saturated rings. The molecular weight excluding hydrogens is 262 g/mol. The first-order valence-electron chi connectivity index (χ1n) is 6.43. The maximum absolute atomic E-state index is 12.1. The fraction of sp³-hybridized carbons (Fsp3) is 0.385. The summed E-state index contributed by atoms with van der Waals surface area (Å²) < 4.78 is 1.34. The minimum atomic E-state index is -1.10. The summed E-state index contributed by atoms with van der Waals surface area (Å²) in [6.45, 7) is 2.12. The minimum absolute atomic E-state index is 0.0480. The molecule has 20 heavy (non-hydrogen) atoms. The number of carbonyl (C=O) groups is 1. The Hall–Kier alpha value is -2.44. The van der Waals surface area contributed by atoms with Crippen molar-refractivity contribution in [1.82, 2.24) is 14.5 Å². The van der Waals surface area contributed by atoms with E-state index < -0.39 is 17.2 Å². The molecule has 2 N–H and O–H groups in total. The molecule has 1 saturated carbocycles. The molecule has 0 spiro atoms. The number of nitrogens with one attached hydrogen (secondary N) is 1. The van der Waals surface area contributed by atoms with Gasteiger partial charge in [-0.2, -0.15) is 0 Å². The van der Waals surface area contributed by atoms with Crippen LogP contribution >= 0.6 is 0 Å². The van der Waals surface area contributed by atoms with Gasteiger partial charge in [-0.3, -0.25) is 14.3 Å². The molecule has 7 nitrogen and oxygen atoms in total. The molecule has 0 atom stereocenters. The number of rotatable bonds is 3. The van der Waals surface area contributed by atoms with E-state index in [4.69, 9.17) is 0 Å². The van der Waals surface area contributed by atoms with Crippen LogP contribution in [0, 0.1) is 0 Å². The number of aromatic amines is 1. The third kappa shape index (κ3) is 1.74. The van der Waals surface area contributed by atoms with Crippen LogP contribution in [0.15, 0.2) is 15.8 Å². The average Bonchev–Trinajstić information content (AvgIpc) is 3.21. The quantitative estimate of drug-likeness (QED) is 0.857. The number of hydrogen-bond donors (Lipinski definition) is 2. The summed E-state index contributed by atoms with van der Waals surface area (Å²) in [4.78, 5) is 41.4. The van der Waals surface area contributed by atoms with E-state index in [-0.39, 0.29) is 22.5 Å². The monoisotopic (exact) mass is 275 g/mol. The highest BCUT2D eigenvalue weighted by molar-refractivity contribution is 5.95. The number of carboxylic acids is 1. The fourth-order valence-corrected chi connectivity index (χ4v) is 2.53. The highest BCUT2D eigenvalue weighted by Gasteiger charge is 2.32. The second-order valence-electron chi connectivity index (χ2n) is 4.87. The number of nitrogens with zero attached hydrogens (tertiary/aromatic N) is 2. The molecule has 0 aliphatic heterocycles.